The molecule has 0 spiro atoms. The number of aliphatic imine (C=N–C) groups is 1. The zero-order valence-corrected chi connectivity index (χ0v) is 12.8. The predicted molar refractivity (Wildman–Crippen MR) is 93.8 cm³/mol. The average Bonchev–Trinajstić information content (AvgIpc) is 3.09. The van der Waals surface area contributed by atoms with Crippen molar-refractivity contribution in [3.63, 3.8) is 0 Å². The third kappa shape index (κ3) is 2.46. The second-order valence-electron chi connectivity index (χ2n) is 5.44. The second-order valence-corrected chi connectivity index (χ2v) is 5.88. The van der Waals surface area contributed by atoms with Crippen LogP contribution in [0.1, 0.15) is 5.56 Å². The van der Waals surface area contributed by atoms with Crippen molar-refractivity contribution >= 4 is 28.2 Å². The highest BCUT2D eigenvalue weighted by Crippen LogP contribution is 2.26. The van der Waals surface area contributed by atoms with Crippen molar-refractivity contribution in [3.05, 3.63) is 71.2 Å². The predicted octanol–water partition coefficient (Wildman–Crippen LogP) is 4.51. The number of halogens is 1. The quantitative estimate of drug-likeness (QED) is 0.740. The van der Waals surface area contributed by atoms with Gasteiger partial charge < -0.3 is 5.32 Å². The summed E-state index contributed by atoms with van der Waals surface area (Å²) in [6.45, 7) is 1.80. The smallest absolute Gasteiger partial charge is 0.128 e. The van der Waals surface area contributed by atoms with Gasteiger partial charge in [-0.2, -0.15) is 0 Å². The van der Waals surface area contributed by atoms with Gasteiger partial charge in [0.25, 0.3) is 0 Å². The van der Waals surface area contributed by atoms with E-state index in [1.807, 2.05) is 12.1 Å². The minimum Gasteiger partial charge on any atom is -0.368 e. The molecule has 2 nitrogen and oxygen atoms in total. The zero-order valence-electron chi connectivity index (χ0n) is 12.0. The van der Waals surface area contributed by atoms with E-state index in [0.717, 1.165) is 29.5 Å². The summed E-state index contributed by atoms with van der Waals surface area (Å²) in [7, 11) is 0. The molecule has 3 aromatic rings. The largest absolute Gasteiger partial charge is 0.368 e. The number of hydrogen-bond donors (Lipinski definition) is 1. The molecule has 0 amide bonds. The molecule has 0 saturated heterocycles. The first kappa shape index (κ1) is 13.4. The van der Waals surface area contributed by atoms with Gasteiger partial charge in [-0.3, -0.25) is 4.99 Å². The molecule has 0 aliphatic carbocycles. The van der Waals surface area contributed by atoms with E-state index in [1.165, 1.54) is 21.9 Å². The first-order chi connectivity index (χ1) is 10.8. The first-order valence-electron chi connectivity index (χ1n) is 7.38. The van der Waals surface area contributed by atoms with Gasteiger partial charge in [-0.05, 0) is 46.2 Å². The van der Waals surface area contributed by atoms with E-state index in [9.17, 15) is 0 Å². The van der Waals surface area contributed by atoms with Crippen LogP contribution in [-0.4, -0.2) is 18.9 Å². The van der Waals surface area contributed by atoms with E-state index < -0.39 is 0 Å². The van der Waals surface area contributed by atoms with E-state index in [2.05, 4.69) is 58.8 Å². The third-order valence-corrected chi connectivity index (χ3v) is 4.22. The molecule has 0 saturated carbocycles. The van der Waals surface area contributed by atoms with Gasteiger partial charge in [0.1, 0.15) is 5.84 Å². The van der Waals surface area contributed by atoms with Gasteiger partial charge in [-0.15, -0.1) is 0 Å². The number of rotatable bonds is 2. The molecule has 3 aromatic carbocycles. The molecule has 1 aliphatic heterocycles. The highest BCUT2D eigenvalue weighted by molar-refractivity contribution is 6.30. The van der Waals surface area contributed by atoms with Crippen LogP contribution in [0.2, 0.25) is 5.02 Å². The fourth-order valence-electron chi connectivity index (χ4n) is 2.81. The molecule has 0 fully saturated rings. The summed E-state index contributed by atoms with van der Waals surface area (Å²) in [5.41, 5.74) is 3.54. The van der Waals surface area contributed by atoms with Crippen LogP contribution in [-0.2, 0) is 0 Å². The first-order valence-corrected chi connectivity index (χ1v) is 7.76. The van der Waals surface area contributed by atoms with Crippen molar-refractivity contribution in [2.24, 2.45) is 4.99 Å². The zero-order chi connectivity index (χ0) is 14.9. The Bertz CT molecular complexity index is 866. The molecule has 0 bridgehead atoms. The Morgan fingerprint density at radius 2 is 1.41 bits per heavy atom. The molecular weight excluding hydrogens is 292 g/mol. The number of nitrogens with zero attached hydrogens (tertiary/aromatic N) is 1. The monoisotopic (exact) mass is 306 g/mol. The Labute approximate surface area is 134 Å². The molecule has 0 aromatic heterocycles. The lowest BCUT2D eigenvalue weighted by Gasteiger charge is -2.07. The molecule has 108 valence electrons. The van der Waals surface area contributed by atoms with Gasteiger partial charge in [0.15, 0.2) is 0 Å². The normalized spacial score (nSPS) is 14.0. The molecule has 1 heterocycles. The lowest BCUT2D eigenvalue weighted by molar-refractivity contribution is 0.960. The maximum Gasteiger partial charge on any atom is 0.128 e. The number of benzene rings is 3. The van der Waals surface area contributed by atoms with Crippen LogP contribution in [0, 0.1) is 0 Å². The minimum atomic E-state index is 0.763. The average molecular weight is 307 g/mol. The van der Waals surface area contributed by atoms with Gasteiger partial charge in [0.05, 0.1) is 6.54 Å². The Kier molecular flexibility index (Phi) is 3.32. The lowest BCUT2D eigenvalue weighted by atomic mass is 10.00. The fourth-order valence-corrected chi connectivity index (χ4v) is 2.93. The van der Waals surface area contributed by atoms with Crippen molar-refractivity contribution in [2.75, 3.05) is 13.1 Å². The Hall–Kier alpha value is -2.32. The van der Waals surface area contributed by atoms with Crippen molar-refractivity contribution in [1.29, 1.82) is 0 Å². The van der Waals surface area contributed by atoms with Gasteiger partial charge in [-0.25, -0.2) is 0 Å². The maximum absolute atomic E-state index is 5.96. The number of amidine groups is 1. The molecule has 1 N–H and O–H groups in total. The van der Waals surface area contributed by atoms with Crippen LogP contribution in [0.5, 0.6) is 0 Å². The van der Waals surface area contributed by atoms with E-state index in [1.54, 1.807) is 0 Å². The van der Waals surface area contributed by atoms with E-state index in [4.69, 9.17) is 11.6 Å². The second kappa shape index (κ2) is 5.47. The van der Waals surface area contributed by atoms with Crippen LogP contribution in [0.25, 0.3) is 21.9 Å². The maximum atomic E-state index is 5.96. The Balaban J connectivity index is 1.75. The van der Waals surface area contributed by atoms with Crippen molar-refractivity contribution < 1.29 is 0 Å². The third-order valence-electron chi connectivity index (χ3n) is 3.97. The highest BCUT2D eigenvalue weighted by atomic mass is 35.5. The molecule has 3 heteroatoms. The van der Waals surface area contributed by atoms with E-state index >= 15 is 0 Å². The molecule has 0 radical (unpaired) electrons. The van der Waals surface area contributed by atoms with Gasteiger partial charge in [0, 0.05) is 17.1 Å². The van der Waals surface area contributed by atoms with Crippen molar-refractivity contribution in [1.82, 2.24) is 5.32 Å². The summed E-state index contributed by atoms with van der Waals surface area (Å²) in [6, 6.07) is 21.0. The number of nitrogens with one attached hydrogen (secondary N) is 1. The molecule has 0 atom stereocenters. The summed E-state index contributed by atoms with van der Waals surface area (Å²) in [5, 5.41) is 6.54. The summed E-state index contributed by atoms with van der Waals surface area (Å²) < 4.78 is 0. The molecule has 4 rings (SSSR count). The standard InChI is InChI=1S/C19H15ClN2/c20-18-7-5-13(6-8-18)14-1-2-16-12-17(4-3-15(16)11-14)19-21-9-10-22-19/h1-8,11-12H,9-10H2,(H,21,22). The molecule has 1 aliphatic rings. The van der Waals surface area contributed by atoms with Crippen LogP contribution >= 0.6 is 11.6 Å². The van der Waals surface area contributed by atoms with Crippen LogP contribution in [0.15, 0.2) is 65.7 Å². The topological polar surface area (TPSA) is 24.4 Å². The summed E-state index contributed by atoms with van der Waals surface area (Å²) in [6.07, 6.45) is 0. The summed E-state index contributed by atoms with van der Waals surface area (Å²) in [4.78, 5) is 4.48. The Morgan fingerprint density at radius 3 is 2.09 bits per heavy atom. The van der Waals surface area contributed by atoms with Gasteiger partial charge in [-0.1, -0.05) is 48.0 Å². The summed E-state index contributed by atoms with van der Waals surface area (Å²) >= 11 is 5.96. The SMILES string of the molecule is Clc1ccc(-c2ccc3cc(C4=NCCN4)ccc3c2)cc1. The highest BCUT2D eigenvalue weighted by Gasteiger charge is 2.08. The number of hydrogen-bond acceptors (Lipinski definition) is 2. The van der Waals surface area contributed by atoms with Crippen molar-refractivity contribution in [2.45, 2.75) is 0 Å². The fraction of sp³-hybridized carbons (Fsp3) is 0.105. The van der Waals surface area contributed by atoms with E-state index in [0.29, 0.717) is 0 Å². The molecular formula is C19H15ClN2. The van der Waals surface area contributed by atoms with E-state index in [-0.39, 0.29) is 0 Å². The number of fused-ring (bicyclic) bond motifs is 1. The van der Waals surface area contributed by atoms with Gasteiger partial charge in [0.2, 0.25) is 0 Å². The molecule has 22 heavy (non-hydrogen) atoms. The Morgan fingerprint density at radius 1 is 0.773 bits per heavy atom. The van der Waals surface area contributed by atoms with Crippen molar-refractivity contribution in [3.8, 4) is 11.1 Å². The van der Waals surface area contributed by atoms with Gasteiger partial charge >= 0.3 is 0 Å². The molecule has 0 unspecified atom stereocenters. The minimum absolute atomic E-state index is 0.763. The lowest BCUT2D eigenvalue weighted by Crippen LogP contribution is -2.19. The van der Waals surface area contributed by atoms with Crippen LogP contribution in [0.4, 0.5) is 0 Å². The van der Waals surface area contributed by atoms with Crippen LogP contribution in [0.3, 0.4) is 0 Å². The van der Waals surface area contributed by atoms with Crippen LogP contribution < -0.4 is 5.32 Å². The summed E-state index contributed by atoms with van der Waals surface area (Å²) in [5.74, 6) is 1.00.